The molecule has 0 amide bonds. The van der Waals surface area contributed by atoms with Gasteiger partial charge in [-0.25, -0.2) is 0 Å². The molecule has 0 aromatic heterocycles. The molecule has 0 saturated heterocycles. The zero-order valence-corrected chi connectivity index (χ0v) is 6.88. The Balaban J connectivity index is 3.17. The fourth-order valence-corrected chi connectivity index (χ4v) is 0.636. The van der Waals surface area contributed by atoms with Gasteiger partial charge < -0.3 is 15.7 Å². The van der Waals surface area contributed by atoms with E-state index in [4.69, 9.17) is 10.8 Å². The van der Waals surface area contributed by atoms with Crippen LogP contribution in [0.2, 0.25) is 0 Å². The predicted molar refractivity (Wildman–Crippen MR) is 42.8 cm³/mol. The molecule has 0 bridgehead atoms. The molecule has 62 valence electrons. The van der Waals surface area contributed by atoms with Crippen LogP contribution in [-0.2, 0) is 0 Å². The minimum atomic E-state index is -0.0472. The molecule has 0 saturated carbocycles. The highest BCUT2D eigenvalue weighted by Gasteiger charge is 2.00. The van der Waals surface area contributed by atoms with Crippen LogP contribution in [-0.4, -0.2) is 42.8 Å². The van der Waals surface area contributed by atoms with Gasteiger partial charge >= 0.3 is 0 Å². The lowest BCUT2D eigenvalue weighted by molar-refractivity contribution is 0.242. The number of nitrogens with two attached hydrogens (primary N) is 1. The third-order valence-corrected chi connectivity index (χ3v) is 1.66. The van der Waals surface area contributed by atoms with E-state index in [0.717, 1.165) is 19.5 Å². The van der Waals surface area contributed by atoms with E-state index in [1.807, 2.05) is 7.05 Å². The Morgan fingerprint density at radius 3 is 2.60 bits per heavy atom. The van der Waals surface area contributed by atoms with Crippen molar-refractivity contribution in [2.75, 3.05) is 26.7 Å². The summed E-state index contributed by atoms with van der Waals surface area (Å²) in [7, 11) is 2.05. The molecule has 0 rings (SSSR count). The molecule has 3 nitrogen and oxygen atoms in total. The van der Waals surface area contributed by atoms with Crippen LogP contribution in [0.3, 0.4) is 0 Å². The summed E-state index contributed by atoms with van der Waals surface area (Å²) in [4.78, 5) is 2.18. The van der Waals surface area contributed by atoms with Crippen LogP contribution in [0.1, 0.15) is 13.3 Å². The summed E-state index contributed by atoms with van der Waals surface area (Å²) >= 11 is 0. The van der Waals surface area contributed by atoms with Gasteiger partial charge in [0.15, 0.2) is 0 Å². The van der Waals surface area contributed by atoms with Crippen LogP contribution in [0.5, 0.6) is 0 Å². The third-order valence-electron chi connectivity index (χ3n) is 1.66. The summed E-state index contributed by atoms with van der Waals surface area (Å²) in [5, 5.41) is 8.58. The molecule has 0 aromatic rings. The van der Waals surface area contributed by atoms with Gasteiger partial charge in [-0.15, -0.1) is 0 Å². The van der Waals surface area contributed by atoms with Gasteiger partial charge in [0.2, 0.25) is 0 Å². The molecule has 0 aliphatic rings. The van der Waals surface area contributed by atoms with Gasteiger partial charge in [0.05, 0.1) is 6.61 Å². The highest BCUT2D eigenvalue weighted by Crippen LogP contribution is 1.89. The van der Waals surface area contributed by atoms with Gasteiger partial charge in [-0.2, -0.15) is 0 Å². The smallest absolute Gasteiger partial charge is 0.0583 e. The molecule has 3 heteroatoms. The largest absolute Gasteiger partial charge is 0.395 e. The Morgan fingerprint density at radius 2 is 2.20 bits per heavy atom. The highest BCUT2D eigenvalue weighted by molar-refractivity contribution is 4.60. The van der Waals surface area contributed by atoms with Gasteiger partial charge in [0.1, 0.15) is 0 Å². The molecular weight excluding hydrogens is 128 g/mol. The first-order chi connectivity index (χ1) is 4.70. The lowest BCUT2D eigenvalue weighted by atomic mass is 10.2. The maximum atomic E-state index is 8.58. The van der Waals surface area contributed by atoms with Crippen LogP contribution in [0.15, 0.2) is 0 Å². The van der Waals surface area contributed by atoms with E-state index in [-0.39, 0.29) is 12.6 Å². The second-order valence-electron chi connectivity index (χ2n) is 2.63. The Morgan fingerprint density at radius 1 is 1.60 bits per heavy atom. The van der Waals surface area contributed by atoms with Crippen molar-refractivity contribution in [3.8, 4) is 0 Å². The minimum Gasteiger partial charge on any atom is -0.395 e. The Hall–Kier alpha value is -0.120. The molecule has 3 N–H and O–H groups in total. The molecule has 1 unspecified atom stereocenters. The zero-order valence-electron chi connectivity index (χ0n) is 6.88. The second kappa shape index (κ2) is 5.65. The van der Waals surface area contributed by atoms with E-state index in [1.165, 1.54) is 0 Å². The Labute approximate surface area is 62.8 Å². The third kappa shape index (κ3) is 4.73. The van der Waals surface area contributed by atoms with Crippen LogP contribution in [0.4, 0.5) is 0 Å². The molecule has 0 fully saturated rings. The molecule has 0 aliphatic carbocycles. The van der Waals surface area contributed by atoms with Crippen LogP contribution >= 0.6 is 0 Å². The van der Waals surface area contributed by atoms with Crippen LogP contribution in [0, 0.1) is 0 Å². The van der Waals surface area contributed by atoms with Gasteiger partial charge in [0.25, 0.3) is 0 Å². The number of aliphatic hydroxyl groups excluding tert-OH is 1. The average molecular weight is 146 g/mol. The molecular formula is C7H18N2O. The summed E-state index contributed by atoms with van der Waals surface area (Å²) < 4.78 is 0. The first kappa shape index (κ1) is 9.88. The zero-order chi connectivity index (χ0) is 7.98. The Bertz CT molecular complexity index is 68.0. The number of hydrogen-bond donors (Lipinski definition) is 2. The maximum Gasteiger partial charge on any atom is 0.0583 e. The van der Waals surface area contributed by atoms with Gasteiger partial charge in [0, 0.05) is 6.04 Å². The summed E-state index contributed by atoms with van der Waals surface area (Å²) in [6.07, 6.45) is 0.876. The molecule has 0 radical (unpaired) electrons. The molecule has 0 aliphatic heterocycles. The first-order valence-electron chi connectivity index (χ1n) is 3.75. The van der Waals surface area contributed by atoms with Crippen molar-refractivity contribution in [1.29, 1.82) is 0 Å². The van der Waals surface area contributed by atoms with Crippen molar-refractivity contribution in [3.05, 3.63) is 0 Å². The molecule has 10 heavy (non-hydrogen) atoms. The van der Waals surface area contributed by atoms with Crippen LogP contribution < -0.4 is 5.73 Å². The van der Waals surface area contributed by atoms with Crippen molar-refractivity contribution >= 4 is 0 Å². The van der Waals surface area contributed by atoms with Crippen molar-refractivity contribution < 1.29 is 5.11 Å². The highest BCUT2D eigenvalue weighted by atomic mass is 16.3. The minimum absolute atomic E-state index is 0.0472. The summed E-state index contributed by atoms with van der Waals surface area (Å²) in [5.74, 6) is 0. The van der Waals surface area contributed by atoms with Gasteiger partial charge in [-0.05, 0) is 26.6 Å². The van der Waals surface area contributed by atoms with E-state index in [9.17, 15) is 0 Å². The van der Waals surface area contributed by atoms with Crippen molar-refractivity contribution in [2.24, 2.45) is 5.73 Å². The second-order valence-corrected chi connectivity index (χ2v) is 2.63. The molecule has 0 aromatic carbocycles. The van der Waals surface area contributed by atoms with Gasteiger partial charge in [-0.3, -0.25) is 0 Å². The summed E-state index contributed by atoms with van der Waals surface area (Å²) in [6.45, 7) is 4.21. The summed E-state index contributed by atoms with van der Waals surface area (Å²) in [5.41, 5.74) is 5.50. The standard InChI is InChI=1S/C7H18N2O/c1-3-9(2)5-4-7(8)6-10/h7,10H,3-6,8H2,1-2H3. The average Bonchev–Trinajstić information content (AvgIpc) is 1.99. The monoisotopic (exact) mass is 146 g/mol. The van der Waals surface area contributed by atoms with E-state index >= 15 is 0 Å². The summed E-state index contributed by atoms with van der Waals surface area (Å²) in [6, 6.07) is -0.0472. The van der Waals surface area contributed by atoms with Crippen molar-refractivity contribution in [2.45, 2.75) is 19.4 Å². The number of rotatable bonds is 5. The quantitative estimate of drug-likeness (QED) is 0.557. The topological polar surface area (TPSA) is 49.5 Å². The number of nitrogens with zero attached hydrogens (tertiary/aromatic N) is 1. The van der Waals surface area contributed by atoms with Crippen molar-refractivity contribution in [1.82, 2.24) is 4.90 Å². The Kier molecular flexibility index (Phi) is 5.58. The first-order valence-corrected chi connectivity index (χ1v) is 3.75. The van der Waals surface area contributed by atoms with E-state index in [2.05, 4.69) is 11.8 Å². The molecule has 0 heterocycles. The fourth-order valence-electron chi connectivity index (χ4n) is 0.636. The molecule has 1 atom stereocenters. The van der Waals surface area contributed by atoms with E-state index < -0.39 is 0 Å². The number of aliphatic hydroxyl groups is 1. The number of hydrogen-bond acceptors (Lipinski definition) is 3. The molecule has 0 spiro atoms. The lowest BCUT2D eigenvalue weighted by Crippen LogP contribution is -2.30. The fraction of sp³-hybridized carbons (Fsp3) is 1.00. The van der Waals surface area contributed by atoms with Crippen molar-refractivity contribution in [3.63, 3.8) is 0 Å². The SMILES string of the molecule is CCN(C)CCC(N)CO. The van der Waals surface area contributed by atoms with Crippen LogP contribution in [0.25, 0.3) is 0 Å². The lowest BCUT2D eigenvalue weighted by Gasteiger charge is -2.15. The van der Waals surface area contributed by atoms with E-state index in [1.54, 1.807) is 0 Å². The van der Waals surface area contributed by atoms with Gasteiger partial charge in [-0.1, -0.05) is 6.92 Å². The maximum absolute atomic E-state index is 8.58. The predicted octanol–water partition coefficient (Wildman–Crippen LogP) is -0.352. The normalized spacial score (nSPS) is 14.1. The van der Waals surface area contributed by atoms with E-state index in [0.29, 0.717) is 0 Å².